The maximum Gasteiger partial charge on any atom is 0.270 e. The second kappa shape index (κ2) is 9.12. The Morgan fingerprint density at radius 1 is 1.24 bits per heavy atom. The maximum atomic E-state index is 12.8. The molecule has 1 aliphatic rings. The van der Waals surface area contributed by atoms with Crippen LogP contribution in [0, 0.1) is 5.41 Å². The topological polar surface area (TPSA) is 66.9 Å². The van der Waals surface area contributed by atoms with Gasteiger partial charge in [-0.05, 0) is 53.8 Å². The first-order chi connectivity index (χ1) is 13.8. The lowest BCUT2D eigenvalue weighted by Gasteiger charge is -2.32. The van der Waals surface area contributed by atoms with E-state index in [1.165, 1.54) is 11.1 Å². The number of anilines is 1. The van der Waals surface area contributed by atoms with E-state index in [1.807, 2.05) is 6.07 Å². The molecule has 2 atom stereocenters. The van der Waals surface area contributed by atoms with E-state index in [9.17, 15) is 4.79 Å². The molecule has 29 heavy (non-hydrogen) atoms. The molecule has 0 bridgehead atoms. The summed E-state index contributed by atoms with van der Waals surface area (Å²) in [5, 5.41) is 6.66. The van der Waals surface area contributed by atoms with E-state index in [0.717, 1.165) is 32.1 Å². The predicted octanol–water partition coefficient (Wildman–Crippen LogP) is 5.04. The number of nitrogens with zero attached hydrogens (tertiary/aromatic N) is 2. The van der Waals surface area contributed by atoms with Crippen molar-refractivity contribution in [3.05, 3.63) is 52.4 Å². The van der Waals surface area contributed by atoms with Crippen LogP contribution in [-0.2, 0) is 12.8 Å². The summed E-state index contributed by atoms with van der Waals surface area (Å²) in [6.45, 7) is 8.74. The van der Waals surface area contributed by atoms with Gasteiger partial charge in [-0.25, -0.2) is 9.97 Å². The zero-order chi connectivity index (χ0) is 21.0. The lowest BCUT2D eigenvalue weighted by atomic mass is 9.84. The standard InChI is InChI=1S/C23H31ClN4O/c1-5-8-19(23(2,3)4)27-20-14-18(26-22(24)28-20)21(29)25-17-12-11-15-9-6-7-10-16(15)13-17/h6-7,9-10,14,17,19H,5,8,11-13H2,1-4H3,(H,25,29)(H,26,27,28). The number of fused-ring (bicyclic) bond motifs is 1. The molecular weight excluding hydrogens is 384 g/mol. The van der Waals surface area contributed by atoms with Gasteiger partial charge >= 0.3 is 0 Å². The van der Waals surface area contributed by atoms with Gasteiger partial charge in [0.15, 0.2) is 0 Å². The molecule has 5 nitrogen and oxygen atoms in total. The largest absolute Gasteiger partial charge is 0.367 e. The number of hydrogen-bond acceptors (Lipinski definition) is 4. The van der Waals surface area contributed by atoms with Crippen molar-refractivity contribution in [3.8, 4) is 0 Å². The van der Waals surface area contributed by atoms with Crippen molar-refractivity contribution < 1.29 is 4.79 Å². The van der Waals surface area contributed by atoms with Crippen LogP contribution in [0.2, 0.25) is 5.28 Å². The highest BCUT2D eigenvalue weighted by atomic mass is 35.5. The van der Waals surface area contributed by atoms with Gasteiger partial charge in [0.25, 0.3) is 5.91 Å². The monoisotopic (exact) mass is 414 g/mol. The highest BCUT2D eigenvalue weighted by molar-refractivity contribution is 6.28. The smallest absolute Gasteiger partial charge is 0.270 e. The first-order valence-electron chi connectivity index (χ1n) is 10.4. The van der Waals surface area contributed by atoms with Gasteiger partial charge in [0.05, 0.1) is 0 Å². The first kappa shape index (κ1) is 21.6. The molecule has 1 aromatic heterocycles. The zero-order valence-electron chi connectivity index (χ0n) is 17.8. The number of amides is 1. The zero-order valence-corrected chi connectivity index (χ0v) is 18.5. The minimum atomic E-state index is -0.204. The number of aryl methyl sites for hydroxylation is 1. The summed E-state index contributed by atoms with van der Waals surface area (Å²) in [5.41, 5.74) is 3.04. The summed E-state index contributed by atoms with van der Waals surface area (Å²) in [6, 6.07) is 10.4. The van der Waals surface area contributed by atoms with Gasteiger partial charge in [-0.15, -0.1) is 0 Å². The normalized spacial score (nSPS) is 17.3. The third-order valence-electron chi connectivity index (χ3n) is 5.56. The van der Waals surface area contributed by atoms with Crippen molar-refractivity contribution in [2.45, 2.75) is 71.9 Å². The summed E-state index contributed by atoms with van der Waals surface area (Å²) in [7, 11) is 0. The van der Waals surface area contributed by atoms with E-state index in [0.29, 0.717) is 11.5 Å². The summed E-state index contributed by atoms with van der Waals surface area (Å²) < 4.78 is 0. The fraction of sp³-hybridized carbons (Fsp3) is 0.522. The third-order valence-corrected chi connectivity index (χ3v) is 5.73. The van der Waals surface area contributed by atoms with Crippen LogP contribution >= 0.6 is 11.6 Å². The Bertz CT molecular complexity index is 862. The fourth-order valence-electron chi connectivity index (χ4n) is 3.88. The number of carbonyl (C=O) groups is 1. The number of benzene rings is 1. The Hall–Kier alpha value is -2.14. The van der Waals surface area contributed by atoms with Crippen LogP contribution in [0.3, 0.4) is 0 Å². The molecule has 0 radical (unpaired) electrons. The fourth-order valence-corrected chi connectivity index (χ4v) is 4.06. The highest BCUT2D eigenvalue weighted by Crippen LogP contribution is 2.27. The molecule has 3 rings (SSSR count). The molecule has 0 saturated heterocycles. The SMILES string of the molecule is CCCC(Nc1cc(C(=O)NC2CCc3ccccc3C2)nc(Cl)n1)C(C)(C)C. The molecule has 1 amide bonds. The Kier molecular flexibility index (Phi) is 6.78. The van der Waals surface area contributed by atoms with Crippen LogP contribution in [0.4, 0.5) is 5.82 Å². The number of aromatic nitrogens is 2. The van der Waals surface area contributed by atoms with Crippen molar-refractivity contribution in [1.29, 1.82) is 0 Å². The van der Waals surface area contributed by atoms with Crippen LogP contribution in [0.1, 0.15) is 68.6 Å². The van der Waals surface area contributed by atoms with Crippen LogP contribution < -0.4 is 10.6 Å². The van der Waals surface area contributed by atoms with Gasteiger partial charge in [0.2, 0.25) is 5.28 Å². The number of rotatable bonds is 6. The molecule has 1 aliphatic carbocycles. The summed E-state index contributed by atoms with van der Waals surface area (Å²) >= 11 is 6.14. The highest BCUT2D eigenvalue weighted by Gasteiger charge is 2.25. The molecule has 2 aromatic rings. The van der Waals surface area contributed by atoms with Gasteiger partial charge < -0.3 is 10.6 Å². The molecule has 0 saturated carbocycles. The van der Waals surface area contributed by atoms with E-state index >= 15 is 0 Å². The molecule has 6 heteroatoms. The molecule has 156 valence electrons. The molecule has 2 unspecified atom stereocenters. The van der Waals surface area contributed by atoms with Crippen molar-refractivity contribution >= 4 is 23.3 Å². The second-order valence-electron chi connectivity index (χ2n) is 8.94. The molecular formula is C23H31ClN4O. The molecule has 0 fully saturated rings. The third kappa shape index (κ3) is 5.69. The molecule has 1 aromatic carbocycles. The lowest BCUT2D eigenvalue weighted by Crippen LogP contribution is -2.39. The second-order valence-corrected chi connectivity index (χ2v) is 9.28. The minimum absolute atomic E-state index is 0.0609. The van der Waals surface area contributed by atoms with Crippen LogP contribution in [-0.4, -0.2) is 28.0 Å². The maximum absolute atomic E-state index is 12.8. The van der Waals surface area contributed by atoms with Gasteiger partial charge in [0, 0.05) is 18.2 Å². The number of carbonyl (C=O) groups excluding carboxylic acids is 1. The van der Waals surface area contributed by atoms with Crippen molar-refractivity contribution in [2.75, 3.05) is 5.32 Å². The van der Waals surface area contributed by atoms with E-state index < -0.39 is 0 Å². The van der Waals surface area contributed by atoms with Gasteiger partial charge in [0.1, 0.15) is 11.5 Å². The van der Waals surface area contributed by atoms with E-state index in [1.54, 1.807) is 6.07 Å². The van der Waals surface area contributed by atoms with Crippen LogP contribution in [0.25, 0.3) is 0 Å². The quantitative estimate of drug-likeness (QED) is 0.649. The number of halogens is 1. The predicted molar refractivity (Wildman–Crippen MR) is 119 cm³/mol. The number of nitrogens with one attached hydrogen (secondary N) is 2. The summed E-state index contributed by atoms with van der Waals surface area (Å²) in [4.78, 5) is 21.3. The Labute approximate surface area is 178 Å². The number of hydrogen-bond donors (Lipinski definition) is 2. The van der Waals surface area contributed by atoms with Crippen molar-refractivity contribution in [1.82, 2.24) is 15.3 Å². The Balaban J connectivity index is 1.71. The van der Waals surface area contributed by atoms with Gasteiger partial charge in [-0.2, -0.15) is 0 Å². The average molecular weight is 415 g/mol. The van der Waals surface area contributed by atoms with Crippen molar-refractivity contribution in [3.63, 3.8) is 0 Å². The van der Waals surface area contributed by atoms with E-state index in [-0.39, 0.29) is 28.7 Å². The first-order valence-corrected chi connectivity index (χ1v) is 10.8. The molecule has 0 aliphatic heterocycles. The molecule has 1 heterocycles. The van der Waals surface area contributed by atoms with Gasteiger partial charge in [-0.3, -0.25) is 4.79 Å². The minimum Gasteiger partial charge on any atom is -0.367 e. The van der Waals surface area contributed by atoms with Crippen LogP contribution in [0.5, 0.6) is 0 Å². The molecule has 2 N–H and O–H groups in total. The van der Waals surface area contributed by atoms with Crippen LogP contribution in [0.15, 0.2) is 30.3 Å². The van der Waals surface area contributed by atoms with E-state index in [2.05, 4.69) is 66.5 Å². The average Bonchev–Trinajstić information content (AvgIpc) is 2.66. The Morgan fingerprint density at radius 3 is 2.66 bits per heavy atom. The van der Waals surface area contributed by atoms with E-state index in [4.69, 9.17) is 11.6 Å². The van der Waals surface area contributed by atoms with Crippen molar-refractivity contribution in [2.24, 2.45) is 5.41 Å². The summed E-state index contributed by atoms with van der Waals surface area (Å²) in [5.74, 6) is 0.391. The molecule has 0 spiro atoms. The lowest BCUT2D eigenvalue weighted by molar-refractivity contribution is 0.0928. The Morgan fingerprint density at radius 2 is 1.97 bits per heavy atom. The van der Waals surface area contributed by atoms with Gasteiger partial charge in [-0.1, -0.05) is 58.4 Å². The summed E-state index contributed by atoms with van der Waals surface area (Å²) in [6.07, 6.45) is 4.81.